The van der Waals surface area contributed by atoms with Crippen LogP contribution in [0.25, 0.3) is 0 Å². The van der Waals surface area contributed by atoms with Gasteiger partial charge in [-0.15, -0.1) is 0 Å². The lowest BCUT2D eigenvalue weighted by molar-refractivity contribution is 0.412. The lowest BCUT2D eigenvalue weighted by atomic mass is 9.70. The Morgan fingerprint density at radius 1 is 1.05 bits per heavy atom. The first-order valence-corrected chi connectivity index (χ1v) is 7.14. The van der Waals surface area contributed by atoms with Gasteiger partial charge in [-0.05, 0) is 41.5 Å². The number of hydrogen-bond donors (Lipinski definition) is 1. The van der Waals surface area contributed by atoms with Crippen LogP contribution in [0.4, 0.5) is 0 Å². The summed E-state index contributed by atoms with van der Waals surface area (Å²) >= 11 is 6.37. The smallest absolute Gasteiger partial charge is 0.0683 e. The van der Waals surface area contributed by atoms with Gasteiger partial charge in [-0.1, -0.05) is 61.0 Å². The Labute approximate surface area is 119 Å². The Hall–Kier alpha value is -1.31. The van der Waals surface area contributed by atoms with E-state index in [9.17, 15) is 0 Å². The molecule has 0 saturated heterocycles. The van der Waals surface area contributed by atoms with E-state index in [1.165, 1.54) is 11.1 Å². The van der Waals surface area contributed by atoms with Gasteiger partial charge in [-0.2, -0.15) is 0 Å². The molecule has 0 spiro atoms. The lowest BCUT2D eigenvalue weighted by Gasteiger charge is -2.39. The monoisotopic (exact) mass is 271 g/mol. The average Bonchev–Trinajstić information content (AvgIpc) is 2.44. The number of fused-ring (bicyclic) bond motifs is 1. The van der Waals surface area contributed by atoms with Crippen LogP contribution in [0.2, 0.25) is 5.02 Å². The Kier molecular flexibility index (Phi) is 3.12. The van der Waals surface area contributed by atoms with E-state index in [4.69, 9.17) is 17.3 Å². The number of rotatable bonds is 1. The van der Waals surface area contributed by atoms with Gasteiger partial charge in [0.05, 0.1) is 5.54 Å². The van der Waals surface area contributed by atoms with Crippen LogP contribution in [0.1, 0.15) is 42.4 Å². The molecule has 2 N–H and O–H groups in total. The van der Waals surface area contributed by atoms with Crippen molar-refractivity contribution in [3.05, 3.63) is 70.2 Å². The van der Waals surface area contributed by atoms with Crippen LogP contribution in [0.5, 0.6) is 0 Å². The van der Waals surface area contributed by atoms with Gasteiger partial charge in [-0.3, -0.25) is 0 Å². The number of benzene rings is 2. The minimum atomic E-state index is -0.457. The van der Waals surface area contributed by atoms with Gasteiger partial charge in [0, 0.05) is 5.02 Å². The van der Waals surface area contributed by atoms with Crippen molar-refractivity contribution in [2.24, 2.45) is 5.73 Å². The Bertz CT molecular complexity index is 608. The molecule has 2 atom stereocenters. The van der Waals surface area contributed by atoms with Crippen molar-refractivity contribution >= 4 is 11.6 Å². The molecule has 0 heterocycles. The zero-order valence-electron chi connectivity index (χ0n) is 11.1. The van der Waals surface area contributed by atoms with Crippen molar-refractivity contribution in [2.45, 2.75) is 31.2 Å². The van der Waals surface area contributed by atoms with Crippen molar-refractivity contribution in [3.63, 3.8) is 0 Å². The minimum absolute atomic E-state index is 0.457. The highest BCUT2D eigenvalue weighted by molar-refractivity contribution is 6.31. The second-order valence-electron chi connectivity index (χ2n) is 5.48. The van der Waals surface area contributed by atoms with E-state index in [0.717, 1.165) is 23.4 Å². The largest absolute Gasteiger partial charge is 0.318 e. The SMILES string of the molecule is CC1CCC(N)(c2ccccc2Cl)c2ccccc21. The first kappa shape index (κ1) is 12.7. The van der Waals surface area contributed by atoms with Crippen molar-refractivity contribution < 1.29 is 0 Å². The first-order chi connectivity index (χ1) is 9.13. The van der Waals surface area contributed by atoms with Gasteiger partial charge in [0.1, 0.15) is 0 Å². The maximum atomic E-state index is 6.77. The van der Waals surface area contributed by atoms with Crippen LogP contribution in [0.15, 0.2) is 48.5 Å². The van der Waals surface area contributed by atoms with Crippen LogP contribution >= 0.6 is 11.6 Å². The third kappa shape index (κ3) is 1.98. The molecule has 0 amide bonds. The second kappa shape index (κ2) is 4.66. The molecule has 1 aliphatic carbocycles. The second-order valence-corrected chi connectivity index (χ2v) is 5.89. The fourth-order valence-corrected chi connectivity index (χ4v) is 3.47. The number of halogens is 1. The summed E-state index contributed by atoms with van der Waals surface area (Å²) < 4.78 is 0. The van der Waals surface area contributed by atoms with E-state index in [-0.39, 0.29) is 0 Å². The summed E-state index contributed by atoms with van der Waals surface area (Å²) in [5.74, 6) is 0.565. The number of hydrogen-bond acceptors (Lipinski definition) is 1. The molecule has 3 rings (SSSR count). The fourth-order valence-electron chi connectivity index (χ4n) is 3.17. The molecule has 0 fully saturated rings. The molecule has 2 unspecified atom stereocenters. The fraction of sp³-hybridized carbons (Fsp3) is 0.294. The summed E-state index contributed by atoms with van der Waals surface area (Å²) in [6, 6.07) is 16.4. The predicted octanol–water partition coefficient (Wildman–Crippen LogP) is 4.44. The van der Waals surface area contributed by atoms with Crippen LogP contribution < -0.4 is 5.73 Å². The average molecular weight is 272 g/mol. The van der Waals surface area contributed by atoms with Crippen LogP contribution in [-0.2, 0) is 5.54 Å². The standard InChI is InChI=1S/C17H18ClN/c1-12-10-11-17(19,14-7-3-2-6-13(12)14)15-8-4-5-9-16(15)18/h2-9,12H,10-11,19H2,1H3. The summed E-state index contributed by atoms with van der Waals surface area (Å²) in [6.07, 6.45) is 2.04. The zero-order valence-corrected chi connectivity index (χ0v) is 11.8. The quantitative estimate of drug-likeness (QED) is 0.815. The molecule has 1 aliphatic rings. The molecule has 2 heteroatoms. The topological polar surface area (TPSA) is 26.0 Å². The van der Waals surface area contributed by atoms with Crippen LogP contribution in [-0.4, -0.2) is 0 Å². The van der Waals surface area contributed by atoms with E-state index in [0.29, 0.717) is 5.92 Å². The van der Waals surface area contributed by atoms with Gasteiger partial charge in [0.25, 0.3) is 0 Å². The summed E-state index contributed by atoms with van der Waals surface area (Å²) in [6.45, 7) is 2.27. The van der Waals surface area contributed by atoms with Crippen molar-refractivity contribution in [2.75, 3.05) is 0 Å². The maximum Gasteiger partial charge on any atom is 0.0683 e. The highest BCUT2D eigenvalue weighted by Crippen LogP contribution is 2.44. The van der Waals surface area contributed by atoms with Gasteiger partial charge in [0.2, 0.25) is 0 Å². The van der Waals surface area contributed by atoms with Gasteiger partial charge in [-0.25, -0.2) is 0 Å². The first-order valence-electron chi connectivity index (χ1n) is 6.76. The maximum absolute atomic E-state index is 6.77. The van der Waals surface area contributed by atoms with E-state index in [1.54, 1.807) is 0 Å². The minimum Gasteiger partial charge on any atom is -0.318 e. The third-order valence-corrected chi connectivity index (χ3v) is 4.63. The molecule has 2 aromatic rings. The highest BCUT2D eigenvalue weighted by atomic mass is 35.5. The Morgan fingerprint density at radius 3 is 2.42 bits per heavy atom. The molecule has 98 valence electrons. The van der Waals surface area contributed by atoms with Crippen molar-refractivity contribution in [3.8, 4) is 0 Å². The molecular formula is C17H18ClN. The summed E-state index contributed by atoms with van der Waals surface area (Å²) in [4.78, 5) is 0. The van der Waals surface area contributed by atoms with Crippen molar-refractivity contribution in [1.82, 2.24) is 0 Å². The Morgan fingerprint density at radius 2 is 1.68 bits per heavy atom. The normalized spacial score (nSPS) is 25.9. The lowest BCUT2D eigenvalue weighted by Crippen LogP contribution is -2.42. The van der Waals surface area contributed by atoms with Gasteiger partial charge >= 0.3 is 0 Å². The molecule has 19 heavy (non-hydrogen) atoms. The molecule has 0 aliphatic heterocycles. The number of nitrogens with two attached hydrogens (primary N) is 1. The van der Waals surface area contributed by atoms with Crippen molar-refractivity contribution in [1.29, 1.82) is 0 Å². The molecule has 0 radical (unpaired) electrons. The van der Waals surface area contributed by atoms with E-state index >= 15 is 0 Å². The van der Waals surface area contributed by atoms with Gasteiger partial charge < -0.3 is 5.73 Å². The molecule has 2 aromatic carbocycles. The molecule has 0 saturated carbocycles. The van der Waals surface area contributed by atoms with Crippen LogP contribution in [0, 0.1) is 0 Å². The molecule has 0 bridgehead atoms. The zero-order chi connectivity index (χ0) is 13.5. The van der Waals surface area contributed by atoms with E-state index < -0.39 is 5.54 Å². The van der Waals surface area contributed by atoms with Gasteiger partial charge in [0.15, 0.2) is 0 Å². The Balaban J connectivity index is 2.21. The molecular weight excluding hydrogens is 254 g/mol. The molecule has 0 aromatic heterocycles. The van der Waals surface area contributed by atoms with Crippen LogP contribution in [0.3, 0.4) is 0 Å². The summed E-state index contributed by atoms with van der Waals surface area (Å²) in [5.41, 5.74) is 9.93. The summed E-state index contributed by atoms with van der Waals surface area (Å²) in [5, 5.41) is 0.759. The van der Waals surface area contributed by atoms with E-state index in [2.05, 4.69) is 37.3 Å². The summed E-state index contributed by atoms with van der Waals surface area (Å²) in [7, 11) is 0. The van der Waals surface area contributed by atoms with E-state index in [1.807, 2.05) is 18.2 Å². The highest BCUT2D eigenvalue weighted by Gasteiger charge is 2.37. The molecule has 1 nitrogen and oxygen atoms in total. The third-order valence-electron chi connectivity index (χ3n) is 4.30. The predicted molar refractivity (Wildman–Crippen MR) is 80.5 cm³/mol.